The molecule has 3 heterocycles. The molecule has 1 aliphatic heterocycles. The normalized spacial score (nSPS) is 13.9. The minimum atomic E-state index is -0.470. The van der Waals surface area contributed by atoms with Crippen molar-refractivity contribution in [1.82, 2.24) is 4.40 Å². The molecule has 0 atom stereocenters. The molecule has 2 nitrogen and oxygen atoms in total. The van der Waals surface area contributed by atoms with Crippen LogP contribution in [-0.2, 0) is 5.41 Å². The van der Waals surface area contributed by atoms with E-state index >= 15 is 0 Å². The maximum absolute atomic E-state index is 2.47. The van der Waals surface area contributed by atoms with Gasteiger partial charge < -0.3 is 9.30 Å². The number of rotatable bonds is 3. The summed E-state index contributed by atoms with van der Waals surface area (Å²) in [5, 5.41) is 5.20. The lowest BCUT2D eigenvalue weighted by Gasteiger charge is -2.46. The number of nitrogens with zero attached hydrogens (tertiary/aromatic N) is 2. The molecule has 2 aromatic heterocycles. The van der Waals surface area contributed by atoms with Crippen LogP contribution in [-0.4, -0.2) is 4.40 Å². The van der Waals surface area contributed by atoms with Crippen molar-refractivity contribution in [3.05, 3.63) is 192 Å². The first-order valence-corrected chi connectivity index (χ1v) is 15.6. The van der Waals surface area contributed by atoms with Crippen molar-refractivity contribution >= 4 is 55.2 Å². The third-order valence-corrected chi connectivity index (χ3v) is 9.98. The van der Waals surface area contributed by atoms with Gasteiger partial charge in [-0.05, 0) is 52.6 Å². The number of benzene rings is 7. The van der Waals surface area contributed by atoms with Crippen molar-refractivity contribution in [3.63, 3.8) is 0 Å². The number of hydrogen-bond acceptors (Lipinski definition) is 1. The van der Waals surface area contributed by atoms with Crippen LogP contribution < -0.4 is 4.90 Å². The van der Waals surface area contributed by atoms with E-state index in [2.05, 4.69) is 179 Å². The third-order valence-electron chi connectivity index (χ3n) is 9.98. The van der Waals surface area contributed by atoms with Crippen LogP contribution in [0.25, 0.3) is 38.1 Å². The Morgan fingerprint density at radius 2 is 0.889 bits per heavy atom. The van der Waals surface area contributed by atoms with Crippen LogP contribution in [0.5, 0.6) is 0 Å². The van der Waals surface area contributed by atoms with Crippen molar-refractivity contribution in [2.45, 2.75) is 5.41 Å². The summed E-state index contributed by atoms with van der Waals surface area (Å²) in [6.45, 7) is 0. The van der Waals surface area contributed by atoms with Crippen molar-refractivity contribution in [1.29, 1.82) is 0 Å². The SMILES string of the molecule is c1ccc(C2(c3ccccc3)c3ccccc3N(c3ccc4c5cccc6c7ccccc7n(c4c3)c65)c3ccccc32)cc1. The van der Waals surface area contributed by atoms with E-state index in [1.54, 1.807) is 0 Å². The highest BCUT2D eigenvalue weighted by Gasteiger charge is 2.46. The van der Waals surface area contributed by atoms with Gasteiger partial charge in [-0.3, -0.25) is 0 Å². The Kier molecular flexibility index (Phi) is 4.95. The van der Waals surface area contributed by atoms with Gasteiger partial charge in [0.15, 0.2) is 0 Å². The highest BCUT2D eigenvalue weighted by Crippen LogP contribution is 2.57. The lowest BCUT2D eigenvalue weighted by atomic mass is 9.62. The fourth-order valence-electron chi connectivity index (χ4n) is 8.25. The lowest BCUT2D eigenvalue weighted by molar-refractivity contribution is 0.731. The van der Waals surface area contributed by atoms with Crippen molar-refractivity contribution in [2.75, 3.05) is 4.90 Å². The van der Waals surface area contributed by atoms with Crippen LogP contribution in [0.1, 0.15) is 22.3 Å². The molecule has 0 saturated carbocycles. The zero-order valence-electron chi connectivity index (χ0n) is 24.6. The molecule has 0 spiro atoms. The molecule has 0 amide bonds. The fourth-order valence-corrected chi connectivity index (χ4v) is 8.25. The molecule has 210 valence electrons. The summed E-state index contributed by atoms with van der Waals surface area (Å²) in [7, 11) is 0. The first kappa shape index (κ1) is 24.6. The summed E-state index contributed by atoms with van der Waals surface area (Å²) < 4.78 is 2.47. The molecule has 0 aliphatic carbocycles. The van der Waals surface area contributed by atoms with Gasteiger partial charge in [0, 0.05) is 27.2 Å². The molecule has 0 fully saturated rings. The van der Waals surface area contributed by atoms with Crippen molar-refractivity contribution < 1.29 is 0 Å². The Bertz CT molecular complexity index is 2450. The molecule has 7 aromatic carbocycles. The molecule has 1 aliphatic rings. The van der Waals surface area contributed by atoms with Gasteiger partial charge in [-0.25, -0.2) is 0 Å². The van der Waals surface area contributed by atoms with Crippen LogP contribution in [0.15, 0.2) is 170 Å². The average Bonchev–Trinajstić information content (AvgIpc) is 3.63. The number of hydrogen-bond donors (Lipinski definition) is 0. The molecule has 0 bridgehead atoms. The summed E-state index contributed by atoms with van der Waals surface area (Å²) in [6.07, 6.45) is 0. The van der Waals surface area contributed by atoms with E-state index in [-0.39, 0.29) is 0 Å². The summed E-state index contributed by atoms with van der Waals surface area (Å²) in [4.78, 5) is 2.47. The van der Waals surface area contributed by atoms with E-state index < -0.39 is 5.41 Å². The number of fused-ring (bicyclic) bond motifs is 8. The first-order valence-electron chi connectivity index (χ1n) is 15.6. The van der Waals surface area contributed by atoms with E-state index in [4.69, 9.17) is 0 Å². The maximum Gasteiger partial charge on any atom is 0.0742 e. The second-order valence-corrected chi connectivity index (χ2v) is 12.1. The monoisotopic (exact) mass is 572 g/mol. The summed E-state index contributed by atoms with van der Waals surface area (Å²) in [5.41, 5.74) is 11.9. The van der Waals surface area contributed by atoms with Crippen molar-refractivity contribution in [2.24, 2.45) is 0 Å². The Morgan fingerprint density at radius 1 is 0.378 bits per heavy atom. The Morgan fingerprint density at radius 3 is 1.53 bits per heavy atom. The van der Waals surface area contributed by atoms with Gasteiger partial charge in [0.05, 0.1) is 33.3 Å². The van der Waals surface area contributed by atoms with Crippen LogP contribution in [0, 0.1) is 0 Å². The van der Waals surface area contributed by atoms with Gasteiger partial charge in [0.1, 0.15) is 0 Å². The van der Waals surface area contributed by atoms with Gasteiger partial charge in [-0.1, -0.05) is 140 Å². The Labute approximate surface area is 261 Å². The molecule has 0 saturated heterocycles. The third kappa shape index (κ3) is 3.13. The smallest absolute Gasteiger partial charge is 0.0742 e. The highest BCUT2D eigenvalue weighted by atomic mass is 15.2. The minimum Gasteiger partial charge on any atom is -0.310 e. The first-order chi connectivity index (χ1) is 22.4. The zero-order chi connectivity index (χ0) is 29.5. The van der Waals surface area contributed by atoms with Gasteiger partial charge in [0.2, 0.25) is 0 Å². The maximum atomic E-state index is 2.47. The lowest BCUT2D eigenvalue weighted by Crippen LogP contribution is -2.37. The molecule has 0 N–H and O–H groups in total. The molecule has 10 rings (SSSR count). The number of aromatic nitrogens is 1. The number of anilines is 3. The molecule has 0 radical (unpaired) electrons. The Balaban J connectivity index is 1.31. The highest BCUT2D eigenvalue weighted by molar-refractivity contribution is 6.23. The quantitative estimate of drug-likeness (QED) is 0.204. The summed E-state index contributed by atoms with van der Waals surface area (Å²) in [6, 6.07) is 62.5. The van der Waals surface area contributed by atoms with Crippen LogP contribution in [0.4, 0.5) is 17.1 Å². The molecule has 45 heavy (non-hydrogen) atoms. The van der Waals surface area contributed by atoms with Gasteiger partial charge in [0.25, 0.3) is 0 Å². The van der Waals surface area contributed by atoms with Gasteiger partial charge >= 0.3 is 0 Å². The van der Waals surface area contributed by atoms with Gasteiger partial charge in [-0.2, -0.15) is 0 Å². The summed E-state index contributed by atoms with van der Waals surface area (Å²) in [5.74, 6) is 0. The van der Waals surface area contributed by atoms with Crippen LogP contribution >= 0.6 is 0 Å². The molecular weight excluding hydrogens is 544 g/mol. The van der Waals surface area contributed by atoms with E-state index in [0.29, 0.717) is 0 Å². The van der Waals surface area contributed by atoms with E-state index in [1.165, 1.54) is 71.7 Å². The second-order valence-electron chi connectivity index (χ2n) is 12.1. The molecule has 9 aromatic rings. The predicted molar refractivity (Wildman–Crippen MR) is 188 cm³/mol. The molecule has 2 heteroatoms. The zero-order valence-corrected chi connectivity index (χ0v) is 24.6. The van der Waals surface area contributed by atoms with E-state index in [1.807, 2.05) is 0 Å². The van der Waals surface area contributed by atoms with Gasteiger partial charge in [-0.15, -0.1) is 0 Å². The molecular formula is C43H28N2. The molecule has 0 unspecified atom stereocenters. The van der Waals surface area contributed by atoms with E-state index in [0.717, 1.165) is 5.69 Å². The van der Waals surface area contributed by atoms with Crippen molar-refractivity contribution in [3.8, 4) is 0 Å². The van der Waals surface area contributed by atoms with Crippen LogP contribution in [0.3, 0.4) is 0 Å². The van der Waals surface area contributed by atoms with E-state index in [9.17, 15) is 0 Å². The fraction of sp³-hybridized carbons (Fsp3) is 0.0233. The standard InChI is InChI=1S/C43H28N2/c1-3-14-29(15-4-1)43(30-16-5-2-6-17-30)36-21-8-11-24-39(36)44(40-25-12-9-22-37(40)43)31-26-27-33-35-20-13-19-34-32-18-7-10-23-38(32)45(42(34)35)41(33)28-31/h1-28H. The Hall–Kier alpha value is -5.86. The predicted octanol–water partition coefficient (Wildman–Crippen LogP) is 11.0. The average molecular weight is 573 g/mol. The topological polar surface area (TPSA) is 7.65 Å². The summed E-state index contributed by atoms with van der Waals surface area (Å²) >= 11 is 0. The minimum absolute atomic E-state index is 0.470. The number of para-hydroxylation sites is 4. The second kappa shape index (κ2) is 9.07. The van der Waals surface area contributed by atoms with Crippen LogP contribution in [0.2, 0.25) is 0 Å². The largest absolute Gasteiger partial charge is 0.310 e.